The van der Waals surface area contributed by atoms with Crippen LogP contribution in [0.15, 0.2) is 42.5 Å². The SMILES string of the molecule is CC1(C)C(=O)Nc2cc(C(=O)Nc3ccc(F)cc3)ccc21. The predicted octanol–water partition coefficient (Wildman–Crippen LogP) is 3.31. The lowest BCUT2D eigenvalue weighted by Gasteiger charge is -2.15. The molecule has 0 saturated carbocycles. The molecule has 1 aliphatic rings. The van der Waals surface area contributed by atoms with Gasteiger partial charge in [0.2, 0.25) is 5.91 Å². The van der Waals surface area contributed by atoms with Crippen LogP contribution in [0.3, 0.4) is 0 Å². The fourth-order valence-corrected chi connectivity index (χ4v) is 2.47. The maximum atomic E-state index is 12.9. The highest BCUT2D eigenvalue weighted by atomic mass is 19.1. The lowest BCUT2D eigenvalue weighted by Crippen LogP contribution is -2.26. The van der Waals surface area contributed by atoms with Crippen molar-refractivity contribution in [3.8, 4) is 0 Å². The molecule has 0 saturated heterocycles. The molecular formula is C17H15FN2O2. The minimum Gasteiger partial charge on any atom is -0.325 e. The van der Waals surface area contributed by atoms with Crippen molar-refractivity contribution in [3.05, 3.63) is 59.4 Å². The number of benzene rings is 2. The molecule has 0 atom stereocenters. The third-order valence-electron chi connectivity index (χ3n) is 3.87. The van der Waals surface area contributed by atoms with E-state index in [1.807, 2.05) is 13.8 Å². The van der Waals surface area contributed by atoms with Gasteiger partial charge in [-0.25, -0.2) is 4.39 Å². The summed E-state index contributed by atoms with van der Waals surface area (Å²) < 4.78 is 12.9. The Labute approximate surface area is 127 Å². The van der Waals surface area contributed by atoms with Crippen LogP contribution in [0.1, 0.15) is 29.8 Å². The molecule has 5 heteroatoms. The largest absolute Gasteiger partial charge is 0.325 e. The monoisotopic (exact) mass is 298 g/mol. The van der Waals surface area contributed by atoms with Gasteiger partial charge in [-0.3, -0.25) is 9.59 Å². The maximum Gasteiger partial charge on any atom is 0.255 e. The Morgan fingerprint density at radius 2 is 1.82 bits per heavy atom. The Kier molecular flexibility index (Phi) is 3.20. The zero-order valence-corrected chi connectivity index (χ0v) is 12.2. The van der Waals surface area contributed by atoms with E-state index in [1.54, 1.807) is 18.2 Å². The average Bonchev–Trinajstić information content (AvgIpc) is 2.71. The van der Waals surface area contributed by atoms with E-state index in [0.29, 0.717) is 16.9 Å². The summed E-state index contributed by atoms with van der Waals surface area (Å²) in [4.78, 5) is 24.1. The molecular weight excluding hydrogens is 283 g/mol. The molecule has 112 valence electrons. The number of nitrogens with one attached hydrogen (secondary N) is 2. The molecule has 0 bridgehead atoms. The van der Waals surface area contributed by atoms with E-state index >= 15 is 0 Å². The first-order chi connectivity index (χ1) is 10.4. The molecule has 2 aromatic carbocycles. The second-order valence-electron chi connectivity index (χ2n) is 5.80. The van der Waals surface area contributed by atoms with Crippen molar-refractivity contribution in [3.63, 3.8) is 0 Å². The molecule has 0 unspecified atom stereocenters. The number of fused-ring (bicyclic) bond motifs is 1. The molecule has 0 radical (unpaired) electrons. The third kappa shape index (κ3) is 2.35. The highest BCUT2D eigenvalue weighted by Gasteiger charge is 2.38. The zero-order chi connectivity index (χ0) is 15.9. The van der Waals surface area contributed by atoms with Crippen molar-refractivity contribution in [1.82, 2.24) is 0 Å². The lowest BCUT2D eigenvalue weighted by atomic mass is 9.86. The first-order valence-corrected chi connectivity index (χ1v) is 6.91. The maximum absolute atomic E-state index is 12.9. The van der Waals surface area contributed by atoms with E-state index in [-0.39, 0.29) is 17.6 Å². The van der Waals surface area contributed by atoms with E-state index < -0.39 is 5.41 Å². The summed E-state index contributed by atoms with van der Waals surface area (Å²) in [5.74, 6) is -0.757. The Balaban J connectivity index is 1.85. The van der Waals surface area contributed by atoms with Crippen LogP contribution in [-0.2, 0) is 10.2 Å². The van der Waals surface area contributed by atoms with Gasteiger partial charge in [0.05, 0.1) is 5.41 Å². The van der Waals surface area contributed by atoms with E-state index in [0.717, 1.165) is 5.56 Å². The van der Waals surface area contributed by atoms with Gasteiger partial charge in [0, 0.05) is 16.9 Å². The highest BCUT2D eigenvalue weighted by molar-refractivity contribution is 6.09. The summed E-state index contributed by atoms with van der Waals surface area (Å²) in [6.45, 7) is 3.68. The number of carbonyl (C=O) groups is 2. The molecule has 22 heavy (non-hydrogen) atoms. The molecule has 2 amide bonds. The van der Waals surface area contributed by atoms with Gasteiger partial charge < -0.3 is 10.6 Å². The van der Waals surface area contributed by atoms with Crippen molar-refractivity contribution in [2.24, 2.45) is 0 Å². The Hall–Kier alpha value is -2.69. The van der Waals surface area contributed by atoms with Gasteiger partial charge in [-0.2, -0.15) is 0 Å². The zero-order valence-electron chi connectivity index (χ0n) is 12.2. The van der Waals surface area contributed by atoms with Crippen molar-refractivity contribution in [2.75, 3.05) is 10.6 Å². The molecule has 2 N–H and O–H groups in total. The summed E-state index contributed by atoms with van der Waals surface area (Å²) in [6, 6.07) is 10.7. The van der Waals surface area contributed by atoms with Crippen LogP contribution in [0.25, 0.3) is 0 Å². The molecule has 1 aliphatic heterocycles. The average molecular weight is 298 g/mol. The number of amides is 2. The first kappa shape index (κ1) is 14.3. The minimum absolute atomic E-state index is 0.0846. The van der Waals surface area contributed by atoms with Crippen LogP contribution in [0, 0.1) is 5.82 Å². The summed E-state index contributed by atoms with van der Waals surface area (Å²) in [5.41, 5.74) is 1.87. The van der Waals surface area contributed by atoms with Crippen LogP contribution in [0.4, 0.5) is 15.8 Å². The molecule has 0 fully saturated rings. The van der Waals surface area contributed by atoms with Gasteiger partial charge in [0.25, 0.3) is 5.91 Å². The number of anilines is 2. The van der Waals surface area contributed by atoms with Gasteiger partial charge >= 0.3 is 0 Å². The van der Waals surface area contributed by atoms with Crippen LogP contribution in [0.2, 0.25) is 0 Å². The smallest absolute Gasteiger partial charge is 0.255 e. The van der Waals surface area contributed by atoms with Crippen LogP contribution < -0.4 is 10.6 Å². The molecule has 4 nitrogen and oxygen atoms in total. The first-order valence-electron chi connectivity index (χ1n) is 6.91. The quantitative estimate of drug-likeness (QED) is 0.893. The summed E-state index contributed by atoms with van der Waals surface area (Å²) in [6.07, 6.45) is 0. The van der Waals surface area contributed by atoms with Gasteiger partial charge in [0.15, 0.2) is 0 Å². The molecule has 0 spiro atoms. The van der Waals surface area contributed by atoms with Gasteiger partial charge in [-0.15, -0.1) is 0 Å². The Bertz CT molecular complexity index is 767. The second-order valence-corrected chi connectivity index (χ2v) is 5.80. The van der Waals surface area contributed by atoms with Crippen LogP contribution in [0.5, 0.6) is 0 Å². The topological polar surface area (TPSA) is 58.2 Å². The second kappa shape index (κ2) is 4.94. The van der Waals surface area contributed by atoms with Crippen molar-refractivity contribution < 1.29 is 14.0 Å². The van der Waals surface area contributed by atoms with Crippen LogP contribution in [-0.4, -0.2) is 11.8 Å². The highest BCUT2D eigenvalue weighted by Crippen LogP contribution is 2.37. The minimum atomic E-state index is -0.596. The standard InChI is InChI=1S/C17H15FN2O2/c1-17(2)13-8-3-10(9-14(13)20-16(17)22)15(21)19-12-6-4-11(18)5-7-12/h3-9H,1-2H3,(H,19,21)(H,20,22). The molecule has 0 aliphatic carbocycles. The molecule has 3 rings (SSSR count). The van der Waals surface area contributed by atoms with Gasteiger partial charge in [-0.05, 0) is 55.8 Å². The Morgan fingerprint density at radius 1 is 1.14 bits per heavy atom. The molecule has 2 aromatic rings. The number of carbonyl (C=O) groups excluding carboxylic acids is 2. The van der Waals surface area contributed by atoms with Crippen molar-refractivity contribution in [1.29, 1.82) is 0 Å². The lowest BCUT2D eigenvalue weighted by molar-refractivity contribution is -0.119. The summed E-state index contributed by atoms with van der Waals surface area (Å²) in [7, 11) is 0. The number of halogens is 1. The Morgan fingerprint density at radius 3 is 2.50 bits per heavy atom. The van der Waals surface area contributed by atoms with Gasteiger partial charge in [-0.1, -0.05) is 6.07 Å². The molecule has 1 heterocycles. The molecule has 0 aromatic heterocycles. The van der Waals surface area contributed by atoms with E-state index in [2.05, 4.69) is 10.6 Å². The fraction of sp³-hybridized carbons (Fsp3) is 0.176. The van der Waals surface area contributed by atoms with Crippen molar-refractivity contribution in [2.45, 2.75) is 19.3 Å². The summed E-state index contributed by atoms with van der Waals surface area (Å²) in [5, 5.41) is 5.48. The van der Waals surface area contributed by atoms with E-state index in [4.69, 9.17) is 0 Å². The summed E-state index contributed by atoms with van der Waals surface area (Å²) >= 11 is 0. The van der Waals surface area contributed by atoms with Gasteiger partial charge in [0.1, 0.15) is 5.82 Å². The third-order valence-corrected chi connectivity index (χ3v) is 3.87. The van der Waals surface area contributed by atoms with Crippen molar-refractivity contribution >= 4 is 23.2 Å². The van der Waals surface area contributed by atoms with E-state index in [9.17, 15) is 14.0 Å². The van der Waals surface area contributed by atoms with Crippen LogP contribution >= 0.6 is 0 Å². The normalized spacial score (nSPS) is 15.1. The fourth-order valence-electron chi connectivity index (χ4n) is 2.47. The number of hydrogen-bond acceptors (Lipinski definition) is 2. The number of rotatable bonds is 2. The van der Waals surface area contributed by atoms with E-state index in [1.165, 1.54) is 24.3 Å². The predicted molar refractivity (Wildman–Crippen MR) is 82.5 cm³/mol. The number of hydrogen-bond donors (Lipinski definition) is 2.